The molecule has 6 rings (SSSR count). The van der Waals surface area contributed by atoms with E-state index in [4.69, 9.17) is 28.4 Å². The van der Waals surface area contributed by atoms with Gasteiger partial charge in [-0.05, 0) is 95.2 Å². The zero-order valence-corrected chi connectivity index (χ0v) is 32.7. The first-order valence-corrected chi connectivity index (χ1v) is 20.4. The standard InChI is InChI=1S/C45H52F6O6/c1-3-52-36-26-29-16-21-33(56-44(29)42(50)40(36)48)28-14-18-31(19-15-28)54-24-12-10-8-6-5-7-9-11-13-25-55-35-23-20-32(38(46)39(35)47)34-22-17-30-27-37(53-4-2)41(49)43(51)45(30)57-34/h14,18-20,23,26-28,33-34H,3-13,15-17,21-22,24-25H2,1-2H3. The molecule has 3 aliphatic rings. The summed E-state index contributed by atoms with van der Waals surface area (Å²) in [6.07, 6.45) is 16.5. The maximum atomic E-state index is 15.1. The van der Waals surface area contributed by atoms with Crippen LogP contribution in [0.15, 0.2) is 48.3 Å². The molecule has 57 heavy (non-hydrogen) atoms. The van der Waals surface area contributed by atoms with Gasteiger partial charge in [0.15, 0.2) is 34.6 Å². The Hall–Kier alpha value is -4.48. The minimum Gasteiger partial charge on any atom is -0.494 e. The number of aryl methyl sites for hydroxylation is 2. The van der Waals surface area contributed by atoms with E-state index >= 15 is 4.39 Å². The minimum atomic E-state index is -1.20. The maximum absolute atomic E-state index is 15.1. The average Bonchev–Trinajstić information content (AvgIpc) is 3.22. The van der Waals surface area contributed by atoms with Crippen molar-refractivity contribution in [2.24, 2.45) is 5.92 Å². The molecule has 0 saturated heterocycles. The number of hydrogen-bond acceptors (Lipinski definition) is 6. The molecule has 0 fully saturated rings. The van der Waals surface area contributed by atoms with Crippen molar-refractivity contribution in [3.63, 3.8) is 0 Å². The Morgan fingerprint density at radius 2 is 1.12 bits per heavy atom. The molecule has 0 aromatic heterocycles. The summed E-state index contributed by atoms with van der Waals surface area (Å²) in [4.78, 5) is 0. The smallest absolute Gasteiger partial charge is 0.204 e. The second kappa shape index (κ2) is 20.3. The SMILES string of the molecule is CCOc1cc2c(c(F)c1F)OC(c1ccc(OCCCCCCCCCCCOC3=CCC(C4CCc5cc(OCC)c(F)c(F)c5O4)C=C3)c(F)c1F)CC2. The zero-order valence-electron chi connectivity index (χ0n) is 32.7. The van der Waals surface area contributed by atoms with Gasteiger partial charge in [0, 0.05) is 22.6 Å². The maximum Gasteiger partial charge on any atom is 0.204 e. The molecule has 3 atom stereocenters. The van der Waals surface area contributed by atoms with E-state index < -0.39 is 41.0 Å². The number of allylic oxidation sites excluding steroid dienone is 2. The molecule has 0 N–H and O–H groups in total. The normalized spacial score (nSPS) is 18.5. The predicted molar refractivity (Wildman–Crippen MR) is 204 cm³/mol. The third kappa shape index (κ3) is 10.3. The van der Waals surface area contributed by atoms with E-state index in [1.165, 1.54) is 18.2 Å². The summed E-state index contributed by atoms with van der Waals surface area (Å²) in [6, 6.07) is 5.66. The first-order valence-electron chi connectivity index (χ1n) is 20.4. The lowest BCUT2D eigenvalue weighted by Crippen LogP contribution is -2.31. The van der Waals surface area contributed by atoms with Crippen LogP contribution in [0.2, 0.25) is 0 Å². The van der Waals surface area contributed by atoms with Crippen molar-refractivity contribution in [2.75, 3.05) is 26.4 Å². The van der Waals surface area contributed by atoms with Crippen LogP contribution < -0.4 is 23.7 Å². The second-order valence-corrected chi connectivity index (χ2v) is 14.7. The number of rotatable bonds is 20. The van der Waals surface area contributed by atoms with Gasteiger partial charge in [0.1, 0.15) is 18.0 Å². The van der Waals surface area contributed by atoms with Gasteiger partial charge < -0.3 is 28.4 Å². The molecule has 3 unspecified atom stereocenters. The first-order chi connectivity index (χ1) is 27.7. The number of hydrogen-bond donors (Lipinski definition) is 0. The van der Waals surface area contributed by atoms with Crippen LogP contribution in [0.3, 0.4) is 0 Å². The molecule has 310 valence electrons. The van der Waals surface area contributed by atoms with Crippen LogP contribution in [-0.2, 0) is 17.6 Å². The number of benzene rings is 3. The van der Waals surface area contributed by atoms with Crippen LogP contribution >= 0.6 is 0 Å². The van der Waals surface area contributed by atoms with Crippen molar-refractivity contribution >= 4 is 0 Å². The van der Waals surface area contributed by atoms with Gasteiger partial charge in [0.25, 0.3) is 0 Å². The van der Waals surface area contributed by atoms with E-state index in [9.17, 15) is 22.0 Å². The Morgan fingerprint density at radius 1 is 0.579 bits per heavy atom. The number of fused-ring (bicyclic) bond motifs is 2. The highest BCUT2D eigenvalue weighted by Crippen LogP contribution is 2.43. The van der Waals surface area contributed by atoms with Crippen molar-refractivity contribution in [3.8, 4) is 28.7 Å². The fourth-order valence-electron chi connectivity index (χ4n) is 7.66. The van der Waals surface area contributed by atoms with Crippen molar-refractivity contribution in [2.45, 2.75) is 116 Å². The summed E-state index contributed by atoms with van der Waals surface area (Å²) in [5.41, 5.74) is 0.973. The van der Waals surface area contributed by atoms with Gasteiger partial charge in [-0.15, -0.1) is 0 Å². The van der Waals surface area contributed by atoms with Crippen LogP contribution in [0.4, 0.5) is 26.3 Å². The summed E-state index contributed by atoms with van der Waals surface area (Å²) in [7, 11) is 0. The predicted octanol–water partition coefficient (Wildman–Crippen LogP) is 12.1. The fraction of sp³-hybridized carbons (Fsp3) is 0.511. The monoisotopic (exact) mass is 802 g/mol. The van der Waals surface area contributed by atoms with Crippen LogP contribution in [0.5, 0.6) is 28.7 Å². The molecular formula is C45H52F6O6. The lowest BCUT2D eigenvalue weighted by Gasteiger charge is -2.32. The van der Waals surface area contributed by atoms with Crippen LogP contribution in [0.25, 0.3) is 0 Å². The molecule has 1 aliphatic carbocycles. The van der Waals surface area contributed by atoms with Crippen LogP contribution in [0.1, 0.15) is 114 Å². The van der Waals surface area contributed by atoms with Crippen molar-refractivity contribution < 1.29 is 54.8 Å². The molecule has 2 heterocycles. The van der Waals surface area contributed by atoms with Crippen LogP contribution in [-0.4, -0.2) is 32.5 Å². The van der Waals surface area contributed by atoms with E-state index in [0.29, 0.717) is 43.4 Å². The summed E-state index contributed by atoms with van der Waals surface area (Å²) >= 11 is 0. The van der Waals surface area contributed by atoms with Crippen molar-refractivity contribution in [1.29, 1.82) is 0 Å². The molecule has 3 aromatic rings. The van der Waals surface area contributed by atoms with Gasteiger partial charge in [-0.3, -0.25) is 0 Å². The van der Waals surface area contributed by atoms with E-state index in [1.54, 1.807) is 19.9 Å². The molecule has 2 aliphatic heterocycles. The second-order valence-electron chi connectivity index (χ2n) is 14.7. The third-order valence-corrected chi connectivity index (χ3v) is 10.7. The lowest BCUT2D eigenvalue weighted by atomic mass is 9.88. The molecule has 0 radical (unpaired) electrons. The Balaban J connectivity index is 0.797. The van der Waals surface area contributed by atoms with Crippen LogP contribution in [0, 0.1) is 40.8 Å². The molecule has 0 bridgehead atoms. The van der Waals surface area contributed by atoms with E-state index in [0.717, 1.165) is 57.1 Å². The third-order valence-electron chi connectivity index (χ3n) is 10.7. The van der Waals surface area contributed by atoms with Gasteiger partial charge in [-0.2, -0.15) is 22.0 Å². The Bertz CT molecular complexity index is 1900. The van der Waals surface area contributed by atoms with E-state index in [2.05, 4.69) is 0 Å². The Morgan fingerprint density at radius 3 is 1.70 bits per heavy atom. The molecule has 0 saturated carbocycles. The molecule has 3 aromatic carbocycles. The molecule has 6 nitrogen and oxygen atoms in total. The Labute approximate surface area is 331 Å². The van der Waals surface area contributed by atoms with Gasteiger partial charge in [-0.1, -0.05) is 51.0 Å². The lowest BCUT2D eigenvalue weighted by molar-refractivity contribution is 0.121. The quantitative estimate of drug-likeness (QED) is 0.0838. The highest BCUT2D eigenvalue weighted by atomic mass is 19.2. The summed E-state index contributed by atoms with van der Waals surface area (Å²) in [6.45, 7) is 4.70. The minimum absolute atomic E-state index is 0.00732. The van der Waals surface area contributed by atoms with Gasteiger partial charge in [-0.25, -0.2) is 4.39 Å². The Kier molecular flexibility index (Phi) is 15.0. The topological polar surface area (TPSA) is 55.4 Å². The average molecular weight is 803 g/mol. The molecule has 12 heteroatoms. The van der Waals surface area contributed by atoms with Crippen molar-refractivity contribution in [1.82, 2.24) is 0 Å². The van der Waals surface area contributed by atoms with Gasteiger partial charge >= 0.3 is 0 Å². The van der Waals surface area contributed by atoms with Gasteiger partial charge in [0.2, 0.25) is 29.1 Å². The van der Waals surface area contributed by atoms with E-state index in [1.807, 2.05) is 18.2 Å². The molecular weight excluding hydrogens is 750 g/mol. The summed E-state index contributed by atoms with van der Waals surface area (Å²) in [5, 5.41) is 0. The zero-order chi connectivity index (χ0) is 40.3. The largest absolute Gasteiger partial charge is 0.494 e. The highest BCUT2D eigenvalue weighted by molar-refractivity contribution is 5.46. The number of ether oxygens (including phenoxy) is 6. The molecule has 0 spiro atoms. The number of unbranched alkanes of at least 4 members (excludes halogenated alkanes) is 8. The summed E-state index contributed by atoms with van der Waals surface area (Å²) in [5.74, 6) is -6.52. The summed E-state index contributed by atoms with van der Waals surface area (Å²) < 4.78 is 122. The van der Waals surface area contributed by atoms with E-state index in [-0.39, 0.29) is 79.0 Å². The number of halogens is 6. The first kappa shape index (κ1) is 42.1. The highest BCUT2D eigenvalue weighted by Gasteiger charge is 2.33. The molecule has 0 amide bonds. The van der Waals surface area contributed by atoms with Crippen molar-refractivity contribution in [3.05, 3.63) is 99.8 Å². The fourth-order valence-corrected chi connectivity index (χ4v) is 7.66. The van der Waals surface area contributed by atoms with Gasteiger partial charge in [0.05, 0.1) is 26.4 Å².